The molecule has 4 nitrogen and oxygen atoms in total. The number of thioether (sulfide) groups is 1. The van der Waals surface area contributed by atoms with E-state index in [2.05, 4.69) is 37.4 Å². The van der Waals surface area contributed by atoms with E-state index in [1.165, 1.54) is 16.7 Å². The quantitative estimate of drug-likeness (QED) is 0.550. The molecule has 0 aliphatic carbocycles. The number of nitrogens with zero attached hydrogens (tertiary/aromatic N) is 1. The molecule has 0 saturated heterocycles. The van der Waals surface area contributed by atoms with Crippen molar-refractivity contribution in [1.29, 1.82) is 0 Å². The molecule has 2 aromatic carbocycles. The van der Waals surface area contributed by atoms with Crippen LogP contribution in [-0.4, -0.2) is 35.1 Å². The summed E-state index contributed by atoms with van der Waals surface area (Å²) in [5, 5.41) is 3.45. The van der Waals surface area contributed by atoms with Crippen LogP contribution < -0.4 is 5.32 Å². The Hall–Kier alpha value is -1.98. The first-order chi connectivity index (χ1) is 14.3. The number of carbonyl (C=O) groups is 2. The minimum Gasteiger partial charge on any atom is -0.355 e. The predicted octanol–water partition coefficient (Wildman–Crippen LogP) is 5.13. The van der Waals surface area contributed by atoms with Crippen molar-refractivity contribution in [1.82, 2.24) is 10.2 Å². The molecule has 0 aromatic heterocycles. The molecular formula is C24H31ClN2O2S. The van der Waals surface area contributed by atoms with E-state index in [1.54, 1.807) is 22.7 Å². The molecule has 0 radical (unpaired) electrons. The van der Waals surface area contributed by atoms with Crippen LogP contribution in [0.25, 0.3) is 0 Å². The second-order valence-electron chi connectivity index (χ2n) is 7.42. The molecule has 0 fully saturated rings. The zero-order valence-electron chi connectivity index (χ0n) is 18.2. The van der Waals surface area contributed by atoms with Gasteiger partial charge in [0.15, 0.2) is 0 Å². The van der Waals surface area contributed by atoms with Gasteiger partial charge in [-0.2, -0.15) is 0 Å². The van der Waals surface area contributed by atoms with Gasteiger partial charge in [0.05, 0.1) is 5.75 Å². The highest BCUT2D eigenvalue weighted by molar-refractivity contribution is 7.99. The van der Waals surface area contributed by atoms with Gasteiger partial charge in [-0.15, -0.1) is 11.8 Å². The summed E-state index contributed by atoms with van der Waals surface area (Å²) >= 11 is 7.90. The fraction of sp³-hybridized carbons (Fsp3) is 0.417. The van der Waals surface area contributed by atoms with Crippen molar-refractivity contribution in [3.8, 4) is 0 Å². The molecule has 0 bridgehead atoms. The van der Waals surface area contributed by atoms with Crippen molar-refractivity contribution >= 4 is 35.2 Å². The maximum Gasteiger partial charge on any atom is 0.242 e. The monoisotopic (exact) mass is 446 g/mol. The molecule has 6 heteroatoms. The summed E-state index contributed by atoms with van der Waals surface area (Å²) in [6.45, 7) is 8.81. The lowest BCUT2D eigenvalue weighted by Gasteiger charge is -2.30. The van der Waals surface area contributed by atoms with E-state index in [-0.39, 0.29) is 11.8 Å². The number of hydrogen-bond donors (Lipinski definition) is 1. The van der Waals surface area contributed by atoms with Gasteiger partial charge in [0.2, 0.25) is 11.8 Å². The fourth-order valence-electron chi connectivity index (χ4n) is 3.51. The Kier molecular flexibility index (Phi) is 9.73. The summed E-state index contributed by atoms with van der Waals surface area (Å²) in [5.41, 5.74) is 4.49. The van der Waals surface area contributed by atoms with Gasteiger partial charge in [0.1, 0.15) is 6.04 Å². The van der Waals surface area contributed by atoms with Crippen LogP contribution >= 0.6 is 23.4 Å². The Balaban J connectivity index is 2.14. The van der Waals surface area contributed by atoms with E-state index in [1.807, 2.05) is 32.0 Å². The van der Waals surface area contributed by atoms with Crippen molar-refractivity contribution in [3.05, 3.63) is 69.7 Å². The number of aryl methyl sites for hydroxylation is 2. The lowest BCUT2D eigenvalue weighted by Crippen LogP contribution is -2.49. The molecule has 2 rings (SSSR count). The van der Waals surface area contributed by atoms with Crippen molar-refractivity contribution in [2.45, 2.75) is 52.5 Å². The summed E-state index contributed by atoms with van der Waals surface area (Å²) in [5.74, 6) is 0.890. The first kappa shape index (κ1) is 24.3. The molecule has 0 unspecified atom stereocenters. The average molecular weight is 447 g/mol. The molecule has 1 N–H and O–H groups in total. The molecule has 162 valence electrons. The van der Waals surface area contributed by atoms with Crippen LogP contribution in [0, 0.1) is 13.8 Å². The Morgan fingerprint density at radius 1 is 1.10 bits per heavy atom. The summed E-state index contributed by atoms with van der Waals surface area (Å²) in [6.07, 6.45) is 0.545. The minimum atomic E-state index is -0.518. The third-order valence-corrected chi connectivity index (χ3v) is 6.17. The largest absolute Gasteiger partial charge is 0.355 e. The Labute approximate surface area is 189 Å². The molecule has 0 heterocycles. The van der Waals surface area contributed by atoms with Gasteiger partial charge in [0, 0.05) is 23.9 Å². The maximum absolute atomic E-state index is 13.2. The smallest absolute Gasteiger partial charge is 0.242 e. The normalized spacial score (nSPS) is 11.8. The van der Waals surface area contributed by atoms with Crippen LogP contribution in [0.5, 0.6) is 0 Å². The Bertz CT molecular complexity index is 852. The van der Waals surface area contributed by atoms with Gasteiger partial charge >= 0.3 is 0 Å². The van der Waals surface area contributed by atoms with E-state index in [0.29, 0.717) is 30.3 Å². The number of benzene rings is 2. The van der Waals surface area contributed by atoms with Gasteiger partial charge in [-0.3, -0.25) is 9.59 Å². The number of halogens is 1. The van der Waals surface area contributed by atoms with Crippen molar-refractivity contribution in [2.75, 3.05) is 12.3 Å². The van der Waals surface area contributed by atoms with Gasteiger partial charge in [-0.05, 0) is 44.4 Å². The first-order valence-corrected chi connectivity index (χ1v) is 11.8. The number of carbonyl (C=O) groups excluding carboxylic acids is 2. The summed E-state index contributed by atoms with van der Waals surface area (Å²) < 4.78 is 0. The fourth-order valence-corrected chi connectivity index (χ4v) is 4.55. The second-order valence-corrected chi connectivity index (χ2v) is 8.81. The van der Waals surface area contributed by atoms with Crippen LogP contribution in [-0.2, 0) is 21.9 Å². The average Bonchev–Trinajstić information content (AvgIpc) is 2.68. The summed E-state index contributed by atoms with van der Waals surface area (Å²) in [6, 6.07) is 13.4. The first-order valence-electron chi connectivity index (χ1n) is 10.3. The summed E-state index contributed by atoms with van der Waals surface area (Å²) in [4.78, 5) is 27.5. The van der Waals surface area contributed by atoms with Gasteiger partial charge in [-0.1, -0.05) is 66.0 Å². The van der Waals surface area contributed by atoms with Crippen LogP contribution in [0.4, 0.5) is 0 Å². The number of likely N-dealkylation sites (N-methyl/N-ethyl adjacent to an activating group) is 1. The van der Waals surface area contributed by atoms with Crippen LogP contribution in [0.1, 0.15) is 42.5 Å². The van der Waals surface area contributed by atoms with Crippen LogP contribution in [0.3, 0.4) is 0 Å². The molecule has 0 saturated carbocycles. The van der Waals surface area contributed by atoms with Crippen LogP contribution in [0.15, 0.2) is 42.5 Å². The molecular weight excluding hydrogens is 416 g/mol. The third kappa shape index (κ3) is 7.06. The Morgan fingerprint density at radius 2 is 1.77 bits per heavy atom. The van der Waals surface area contributed by atoms with Crippen molar-refractivity contribution < 1.29 is 9.59 Å². The molecule has 2 amide bonds. The number of nitrogens with one attached hydrogen (secondary N) is 1. The molecule has 30 heavy (non-hydrogen) atoms. The topological polar surface area (TPSA) is 49.4 Å². The maximum atomic E-state index is 13.2. The van der Waals surface area contributed by atoms with E-state index in [0.717, 1.165) is 11.3 Å². The summed E-state index contributed by atoms with van der Waals surface area (Å²) in [7, 11) is 0. The predicted molar refractivity (Wildman–Crippen MR) is 127 cm³/mol. The Morgan fingerprint density at radius 3 is 2.37 bits per heavy atom. The zero-order chi connectivity index (χ0) is 22.1. The highest BCUT2D eigenvalue weighted by Crippen LogP contribution is 2.22. The third-order valence-electron chi connectivity index (χ3n) is 4.81. The lowest BCUT2D eigenvalue weighted by molar-refractivity contribution is -0.139. The van der Waals surface area contributed by atoms with E-state index in [4.69, 9.17) is 11.6 Å². The van der Waals surface area contributed by atoms with Gasteiger partial charge < -0.3 is 10.2 Å². The van der Waals surface area contributed by atoms with Crippen molar-refractivity contribution in [2.24, 2.45) is 0 Å². The number of amides is 2. The van der Waals surface area contributed by atoms with E-state index in [9.17, 15) is 9.59 Å². The SMILES string of the molecule is CCNC(=O)[C@H](CC)N(Cc1ccccc1Cl)C(=O)CSCc1cc(C)cc(C)c1. The van der Waals surface area contributed by atoms with Gasteiger partial charge in [0.25, 0.3) is 0 Å². The molecule has 0 spiro atoms. The standard InChI is InChI=1S/C24H31ClN2O2S/c1-5-22(24(29)26-6-2)27(14-20-9-7-8-10-21(20)25)23(28)16-30-15-19-12-17(3)11-18(4)13-19/h7-13,22H,5-6,14-16H2,1-4H3,(H,26,29)/t22-/m0/s1. The van der Waals surface area contributed by atoms with Gasteiger partial charge in [-0.25, -0.2) is 0 Å². The number of hydrogen-bond acceptors (Lipinski definition) is 3. The highest BCUT2D eigenvalue weighted by Gasteiger charge is 2.28. The number of rotatable bonds is 10. The molecule has 0 aliphatic rings. The van der Waals surface area contributed by atoms with Crippen molar-refractivity contribution in [3.63, 3.8) is 0 Å². The highest BCUT2D eigenvalue weighted by atomic mass is 35.5. The molecule has 1 atom stereocenters. The van der Waals surface area contributed by atoms with E-state index >= 15 is 0 Å². The zero-order valence-corrected chi connectivity index (χ0v) is 19.8. The van der Waals surface area contributed by atoms with Crippen LogP contribution in [0.2, 0.25) is 5.02 Å². The minimum absolute atomic E-state index is 0.0533. The second kappa shape index (κ2) is 12.0. The molecule has 0 aliphatic heterocycles. The molecule has 2 aromatic rings. The lowest BCUT2D eigenvalue weighted by atomic mass is 10.1. The van der Waals surface area contributed by atoms with E-state index < -0.39 is 6.04 Å².